The molecule has 0 aliphatic heterocycles. The molecule has 5 heteroatoms. The lowest BCUT2D eigenvalue weighted by atomic mass is 10.2. The van der Waals surface area contributed by atoms with Crippen LogP contribution in [0.1, 0.15) is 13.3 Å². The van der Waals surface area contributed by atoms with Crippen LogP contribution in [0.2, 0.25) is 0 Å². The summed E-state index contributed by atoms with van der Waals surface area (Å²) in [6, 6.07) is 0. The predicted octanol–water partition coefficient (Wildman–Crippen LogP) is 1.26. The molecule has 0 heterocycles. The Hall–Kier alpha value is 0.260. The first-order valence-corrected chi connectivity index (χ1v) is 6.40. The van der Waals surface area contributed by atoms with Crippen LogP contribution >= 0.6 is 11.8 Å². The molecule has 0 aromatic heterocycles. The molecule has 1 N–H and O–H groups in total. The molecule has 0 saturated carbocycles. The van der Waals surface area contributed by atoms with Gasteiger partial charge in [-0.25, -0.2) is 0 Å². The van der Waals surface area contributed by atoms with E-state index in [0.717, 1.165) is 12.2 Å². The van der Waals surface area contributed by atoms with Gasteiger partial charge < -0.3 is 0 Å². The second-order valence-electron chi connectivity index (χ2n) is 2.64. The van der Waals surface area contributed by atoms with Gasteiger partial charge in [0.1, 0.15) is 0 Å². The largest absolute Gasteiger partial charge is 0.286 e. The van der Waals surface area contributed by atoms with E-state index < -0.39 is 10.1 Å². The molecule has 0 fully saturated rings. The minimum Gasteiger partial charge on any atom is -0.286 e. The first-order chi connectivity index (χ1) is 4.95. The van der Waals surface area contributed by atoms with Crippen molar-refractivity contribution in [1.82, 2.24) is 0 Å². The van der Waals surface area contributed by atoms with Crippen molar-refractivity contribution in [2.75, 3.05) is 17.8 Å². The molecule has 0 amide bonds. The van der Waals surface area contributed by atoms with E-state index >= 15 is 0 Å². The van der Waals surface area contributed by atoms with Crippen molar-refractivity contribution < 1.29 is 13.0 Å². The average molecular weight is 198 g/mol. The van der Waals surface area contributed by atoms with Crippen molar-refractivity contribution >= 4 is 21.9 Å². The first kappa shape index (κ1) is 11.3. The second kappa shape index (κ2) is 5.00. The summed E-state index contributed by atoms with van der Waals surface area (Å²) in [7, 11) is -3.76. The highest BCUT2D eigenvalue weighted by molar-refractivity contribution is 7.98. The first-order valence-electron chi connectivity index (χ1n) is 3.40. The van der Waals surface area contributed by atoms with Crippen LogP contribution in [-0.4, -0.2) is 30.7 Å². The summed E-state index contributed by atoms with van der Waals surface area (Å²) in [5.74, 6) is 0.877. The molecular formula is C6H14O3S2. The zero-order valence-electron chi connectivity index (χ0n) is 6.78. The number of hydrogen-bond acceptors (Lipinski definition) is 3. The molecule has 0 spiro atoms. The highest BCUT2D eigenvalue weighted by atomic mass is 32.2. The van der Waals surface area contributed by atoms with Crippen LogP contribution in [-0.2, 0) is 10.1 Å². The van der Waals surface area contributed by atoms with Crippen LogP contribution < -0.4 is 0 Å². The Morgan fingerprint density at radius 1 is 1.55 bits per heavy atom. The lowest BCUT2D eigenvalue weighted by Gasteiger charge is -2.06. The van der Waals surface area contributed by atoms with Crippen molar-refractivity contribution in [2.45, 2.75) is 13.3 Å². The minimum absolute atomic E-state index is 0.0532. The van der Waals surface area contributed by atoms with Crippen molar-refractivity contribution in [3.63, 3.8) is 0 Å². The Morgan fingerprint density at radius 2 is 2.09 bits per heavy atom. The van der Waals surface area contributed by atoms with Crippen LogP contribution in [0, 0.1) is 5.92 Å². The van der Waals surface area contributed by atoms with Crippen LogP contribution in [0.3, 0.4) is 0 Å². The highest BCUT2D eigenvalue weighted by Crippen LogP contribution is 2.08. The maximum absolute atomic E-state index is 10.4. The second-order valence-corrected chi connectivity index (χ2v) is 5.12. The minimum atomic E-state index is -3.76. The molecule has 0 aliphatic rings. The summed E-state index contributed by atoms with van der Waals surface area (Å²) in [6.07, 6.45) is 2.81. The highest BCUT2D eigenvalue weighted by Gasteiger charge is 2.11. The van der Waals surface area contributed by atoms with E-state index in [0.29, 0.717) is 0 Å². The molecule has 0 saturated heterocycles. The quantitative estimate of drug-likeness (QED) is 0.676. The third kappa shape index (κ3) is 8.16. The molecule has 0 radical (unpaired) electrons. The van der Waals surface area contributed by atoms with Gasteiger partial charge in [0, 0.05) is 0 Å². The van der Waals surface area contributed by atoms with E-state index in [1.165, 1.54) is 0 Å². The molecule has 68 valence electrons. The molecule has 3 nitrogen and oxygen atoms in total. The fourth-order valence-corrected chi connectivity index (χ4v) is 2.29. The zero-order chi connectivity index (χ0) is 8.91. The van der Waals surface area contributed by atoms with E-state index in [2.05, 4.69) is 0 Å². The van der Waals surface area contributed by atoms with Gasteiger partial charge in [0.2, 0.25) is 0 Å². The smallest absolute Gasteiger partial charge is 0.265 e. The number of rotatable bonds is 5. The zero-order valence-corrected chi connectivity index (χ0v) is 8.41. The number of thioether (sulfide) groups is 1. The van der Waals surface area contributed by atoms with Crippen LogP contribution in [0.5, 0.6) is 0 Å². The lowest BCUT2D eigenvalue weighted by Crippen LogP contribution is -2.13. The molecule has 0 rings (SSSR count). The summed E-state index contributed by atoms with van der Waals surface area (Å²) in [6.45, 7) is 1.82. The van der Waals surface area contributed by atoms with Gasteiger partial charge in [-0.15, -0.1) is 0 Å². The standard InChI is InChI=1S/C6H14O3S2/c1-6(3-4-10-2)5-11(7,8)9/h6H,3-5H2,1-2H3,(H,7,8,9)/t6-/m0/s1. The molecule has 0 aliphatic carbocycles. The lowest BCUT2D eigenvalue weighted by molar-refractivity contribution is 0.467. The summed E-state index contributed by atoms with van der Waals surface area (Å²) < 4.78 is 29.2. The summed E-state index contributed by atoms with van der Waals surface area (Å²) in [5.41, 5.74) is 0. The predicted molar refractivity (Wildman–Crippen MR) is 48.6 cm³/mol. The summed E-state index contributed by atoms with van der Waals surface area (Å²) in [4.78, 5) is 0. The van der Waals surface area contributed by atoms with Gasteiger partial charge in [0.25, 0.3) is 10.1 Å². The molecule has 0 aromatic carbocycles. The molecular weight excluding hydrogens is 184 g/mol. The van der Waals surface area contributed by atoms with Crippen molar-refractivity contribution in [3.05, 3.63) is 0 Å². The SMILES string of the molecule is CSCC[C@H](C)CS(=O)(=O)O. The van der Waals surface area contributed by atoms with Gasteiger partial charge in [-0.1, -0.05) is 6.92 Å². The van der Waals surface area contributed by atoms with Gasteiger partial charge >= 0.3 is 0 Å². The normalized spacial score (nSPS) is 14.8. The average Bonchev–Trinajstić information content (AvgIpc) is 1.79. The van der Waals surface area contributed by atoms with Crippen LogP contribution in [0.4, 0.5) is 0 Å². The fraction of sp³-hybridized carbons (Fsp3) is 1.00. The topological polar surface area (TPSA) is 54.4 Å². The Morgan fingerprint density at radius 3 is 2.45 bits per heavy atom. The molecule has 0 aromatic rings. The Balaban J connectivity index is 3.61. The van der Waals surface area contributed by atoms with Gasteiger partial charge in [0.05, 0.1) is 5.75 Å². The maximum Gasteiger partial charge on any atom is 0.265 e. The van der Waals surface area contributed by atoms with Crippen molar-refractivity contribution in [1.29, 1.82) is 0 Å². The number of hydrogen-bond donors (Lipinski definition) is 1. The maximum atomic E-state index is 10.4. The monoisotopic (exact) mass is 198 g/mol. The fourth-order valence-electron chi connectivity index (χ4n) is 0.762. The third-order valence-electron chi connectivity index (χ3n) is 1.31. The molecule has 11 heavy (non-hydrogen) atoms. The van der Waals surface area contributed by atoms with Crippen molar-refractivity contribution in [2.24, 2.45) is 5.92 Å². The molecule has 1 atom stereocenters. The van der Waals surface area contributed by atoms with Gasteiger partial charge in [-0.05, 0) is 24.3 Å². The Kier molecular flexibility index (Phi) is 5.12. The summed E-state index contributed by atoms with van der Waals surface area (Å²) >= 11 is 1.68. The summed E-state index contributed by atoms with van der Waals surface area (Å²) in [5, 5.41) is 0. The third-order valence-corrected chi connectivity index (χ3v) is 2.94. The van der Waals surface area contributed by atoms with Gasteiger partial charge in [0.15, 0.2) is 0 Å². The van der Waals surface area contributed by atoms with E-state index in [4.69, 9.17) is 4.55 Å². The van der Waals surface area contributed by atoms with E-state index in [1.54, 1.807) is 11.8 Å². The Labute approximate surface area is 72.3 Å². The van der Waals surface area contributed by atoms with Gasteiger partial charge in [-0.2, -0.15) is 20.2 Å². The van der Waals surface area contributed by atoms with Gasteiger partial charge in [-0.3, -0.25) is 4.55 Å². The van der Waals surface area contributed by atoms with E-state index in [9.17, 15) is 8.42 Å². The van der Waals surface area contributed by atoms with E-state index in [-0.39, 0.29) is 11.7 Å². The molecule has 0 bridgehead atoms. The van der Waals surface area contributed by atoms with Crippen molar-refractivity contribution in [3.8, 4) is 0 Å². The molecule has 0 unspecified atom stereocenters. The van der Waals surface area contributed by atoms with Crippen LogP contribution in [0.15, 0.2) is 0 Å². The van der Waals surface area contributed by atoms with E-state index in [1.807, 2.05) is 13.2 Å². The Bertz CT molecular complexity index is 186. The van der Waals surface area contributed by atoms with Crippen LogP contribution in [0.25, 0.3) is 0 Å².